The SMILES string of the molecule is COc1cccc(-c2cnc(N(C)C)nc2[C@H]2CCN(C(=O)c3cnc(C)nc3C)C2)c1. The van der Waals surface area contributed by atoms with Crippen LogP contribution in [0.5, 0.6) is 5.75 Å². The topological polar surface area (TPSA) is 84.3 Å². The van der Waals surface area contributed by atoms with E-state index in [4.69, 9.17) is 9.72 Å². The van der Waals surface area contributed by atoms with E-state index in [1.807, 2.05) is 68.2 Å². The summed E-state index contributed by atoms with van der Waals surface area (Å²) in [5.74, 6) is 2.17. The van der Waals surface area contributed by atoms with Gasteiger partial charge in [0.25, 0.3) is 5.91 Å². The molecule has 32 heavy (non-hydrogen) atoms. The van der Waals surface area contributed by atoms with Crippen LogP contribution in [-0.4, -0.2) is 65.0 Å². The molecule has 3 heterocycles. The maximum atomic E-state index is 13.2. The van der Waals surface area contributed by atoms with Crippen LogP contribution in [0, 0.1) is 13.8 Å². The van der Waals surface area contributed by atoms with Crippen LogP contribution in [0.3, 0.4) is 0 Å². The second kappa shape index (κ2) is 8.90. The Labute approximate surface area is 188 Å². The fourth-order valence-corrected chi connectivity index (χ4v) is 4.06. The summed E-state index contributed by atoms with van der Waals surface area (Å²) in [6.07, 6.45) is 4.33. The van der Waals surface area contributed by atoms with Crippen molar-refractivity contribution in [2.75, 3.05) is 39.2 Å². The molecule has 2 aromatic heterocycles. The Balaban J connectivity index is 1.66. The Morgan fingerprint density at radius 1 is 1.16 bits per heavy atom. The number of methoxy groups -OCH3 is 1. The lowest BCUT2D eigenvalue weighted by Crippen LogP contribution is -2.29. The van der Waals surface area contributed by atoms with Crippen molar-refractivity contribution in [2.24, 2.45) is 0 Å². The molecule has 0 saturated carbocycles. The van der Waals surface area contributed by atoms with Crippen molar-refractivity contribution in [3.63, 3.8) is 0 Å². The molecule has 8 heteroatoms. The predicted molar refractivity (Wildman–Crippen MR) is 123 cm³/mol. The number of hydrogen-bond donors (Lipinski definition) is 0. The first-order valence-electron chi connectivity index (χ1n) is 10.7. The minimum absolute atomic E-state index is 0.0326. The van der Waals surface area contributed by atoms with E-state index >= 15 is 0 Å². The molecule has 1 amide bonds. The van der Waals surface area contributed by atoms with Crippen LogP contribution in [0.1, 0.15) is 39.9 Å². The minimum atomic E-state index is -0.0326. The second-order valence-corrected chi connectivity index (χ2v) is 8.25. The van der Waals surface area contributed by atoms with Gasteiger partial charge in [-0.3, -0.25) is 4.79 Å². The van der Waals surface area contributed by atoms with E-state index in [0.717, 1.165) is 29.0 Å². The summed E-state index contributed by atoms with van der Waals surface area (Å²) in [6.45, 7) is 4.93. The number of ether oxygens (including phenoxy) is 1. The molecule has 3 aromatic rings. The summed E-state index contributed by atoms with van der Waals surface area (Å²) in [7, 11) is 5.51. The molecule has 4 rings (SSSR count). The van der Waals surface area contributed by atoms with Crippen molar-refractivity contribution < 1.29 is 9.53 Å². The maximum absolute atomic E-state index is 13.2. The fourth-order valence-electron chi connectivity index (χ4n) is 4.06. The first-order valence-corrected chi connectivity index (χ1v) is 10.7. The molecule has 0 radical (unpaired) electrons. The molecule has 1 aliphatic rings. The number of carbonyl (C=O) groups is 1. The average Bonchev–Trinajstić information content (AvgIpc) is 3.28. The van der Waals surface area contributed by atoms with E-state index in [1.165, 1.54) is 0 Å². The van der Waals surface area contributed by atoms with E-state index < -0.39 is 0 Å². The number of rotatable bonds is 5. The number of benzene rings is 1. The third kappa shape index (κ3) is 4.26. The standard InChI is InChI=1S/C24H28N6O2/c1-15-20(12-25-16(2)27-15)23(31)30-10-9-18(14-30)22-21(13-26-24(28-22)29(3)4)17-7-6-8-19(11-17)32-5/h6-8,11-13,18H,9-10,14H2,1-5H3/t18-/m0/s1. The molecular weight excluding hydrogens is 404 g/mol. The van der Waals surface area contributed by atoms with Gasteiger partial charge < -0.3 is 14.5 Å². The van der Waals surface area contributed by atoms with Gasteiger partial charge in [0.05, 0.1) is 24.1 Å². The quantitative estimate of drug-likeness (QED) is 0.612. The van der Waals surface area contributed by atoms with Gasteiger partial charge >= 0.3 is 0 Å². The number of anilines is 1. The summed E-state index contributed by atoms with van der Waals surface area (Å²) in [4.78, 5) is 34.9. The van der Waals surface area contributed by atoms with E-state index in [2.05, 4.69) is 15.0 Å². The Morgan fingerprint density at radius 3 is 2.69 bits per heavy atom. The Morgan fingerprint density at radius 2 is 1.97 bits per heavy atom. The molecule has 166 valence electrons. The van der Waals surface area contributed by atoms with E-state index in [0.29, 0.717) is 36.1 Å². The van der Waals surface area contributed by atoms with Crippen LogP contribution in [0.2, 0.25) is 0 Å². The number of hydrogen-bond acceptors (Lipinski definition) is 7. The number of nitrogens with zero attached hydrogens (tertiary/aromatic N) is 6. The van der Waals surface area contributed by atoms with Gasteiger partial charge in [0, 0.05) is 51.1 Å². The number of likely N-dealkylation sites (tertiary alicyclic amines) is 1. The highest BCUT2D eigenvalue weighted by molar-refractivity contribution is 5.95. The molecule has 1 aromatic carbocycles. The highest BCUT2D eigenvalue weighted by Gasteiger charge is 2.32. The summed E-state index contributed by atoms with van der Waals surface area (Å²) >= 11 is 0. The van der Waals surface area contributed by atoms with Crippen LogP contribution in [0.4, 0.5) is 5.95 Å². The molecule has 0 unspecified atom stereocenters. The highest BCUT2D eigenvalue weighted by Crippen LogP contribution is 2.35. The van der Waals surface area contributed by atoms with Gasteiger partial charge in [0.1, 0.15) is 11.6 Å². The summed E-state index contributed by atoms with van der Waals surface area (Å²) in [5.41, 5.74) is 4.17. The van der Waals surface area contributed by atoms with E-state index in [-0.39, 0.29) is 11.8 Å². The van der Waals surface area contributed by atoms with Gasteiger partial charge in [0.2, 0.25) is 5.95 Å². The molecule has 1 fully saturated rings. The molecule has 0 spiro atoms. The van der Waals surface area contributed by atoms with Crippen molar-refractivity contribution in [3.05, 3.63) is 59.4 Å². The average molecular weight is 433 g/mol. The molecule has 1 saturated heterocycles. The highest BCUT2D eigenvalue weighted by atomic mass is 16.5. The monoisotopic (exact) mass is 432 g/mol. The van der Waals surface area contributed by atoms with E-state index in [9.17, 15) is 4.79 Å². The Hall–Kier alpha value is -3.55. The lowest BCUT2D eigenvalue weighted by molar-refractivity contribution is 0.0789. The second-order valence-electron chi connectivity index (χ2n) is 8.25. The minimum Gasteiger partial charge on any atom is -0.497 e. The van der Waals surface area contributed by atoms with Gasteiger partial charge in [-0.05, 0) is 38.0 Å². The van der Waals surface area contributed by atoms with Gasteiger partial charge in [-0.25, -0.2) is 19.9 Å². The van der Waals surface area contributed by atoms with Gasteiger partial charge in [-0.15, -0.1) is 0 Å². The Bertz CT molecular complexity index is 1150. The first-order chi connectivity index (χ1) is 15.4. The van der Waals surface area contributed by atoms with Crippen LogP contribution in [0.25, 0.3) is 11.1 Å². The third-order valence-electron chi connectivity index (χ3n) is 5.78. The largest absolute Gasteiger partial charge is 0.497 e. The number of amides is 1. The fraction of sp³-hybridized carbons (Fsp3) is 0.375. The molecule has 0 bridgehead atoms. The van der Waals surface area contributed by atoms with Gasteiger partial charge in [-0.1, -0.05) is 12.1 Å². The lowest BCUT2D eigenvalue weighted by atomic mass is 9.96. The summed E-state index contributed by atoms with van der Waals surface area (Å²) in [5, 5.41) is 0. The maximum Gasteiger partial charge on any atom is 0.257 e. The van der Waals surface area contributed by atoms with Crippen LogP contribution < -0.4 is 9.64 Å². The number of aryl methyl sites for hydroxylation is 2. The molecule has 1 aliphatic heterocycles. The van der Waals surface area contributed by atoms with Crippen molar-refractivity contribution in [1.29, 1.82) is 0 Å². The van der Waals surface area contributed by atoms with Gasteiger partial charge in [-0.2, -0.15) is 0 Å². The van der Waals surface area contributed by atoms with Crippen LogP contribution >= 0.6 is 0 Å². The van der Waals surface area contributed by atoms with Crippen molar-refractivity contribution in [3.8, 4) is 16.9 Å². The number of aromatic nitrogens is 4. The van der Waals surface area contributed by atoms with Crippen LogP contribution in [-0.2, 0) is 0 Å². The molecule has 0 N–H and O–H groups in total. The van der Waals surface area contributed by atoms with Crippen LogP contribution in [0.15, 0.2) is 36.7 Å². The number of carbonyl (C=O) groups excluding carboxylic acids is 1. The first kappa shape index (κ1) is 21.7. The molecule has 1 atom stereocenters. The predicted octanol–water partition coefficient (Wildman–Crippen LogP) is 3.25. The summed E-state index contributed by atoms with van der Waals surface area (Å²) < 4.78 is 5.41. The van der Waals surface area contributed by atoms with Crippen molar-refractivity contribution in [1.82, 2.24) is 24.8 Å². The van der Waals surface area contributed by atoms with Gasteiger partial charge in [0.15, 0.2) is 0 Å². The molecular formula is C24H28N6O2. The van der Waals surface area contributed by atoms with E-state index in [1.54, 1.807) is 13.3 Å². The lowest BCUT2D eigenvalue weighted by Gasteiger charge is -2.20. The van der Waals surface area contributed by atoms with Crippen molar-refractivity contribution >= 4 is 11.9 Å². The molecule has 0 aliphatic carbocycles. The zero-order valence-corrected chi connectivity index (χ0v) is 19.2. The zero-order chi connectivity index (χ0) is 22.8. The Kier molecular flexibility index (Phi) is 6.03. The van der Waals surface area contributed by atoms with Crippen molar-refractivity contribution in [2.45, 2.75) is 26.2 Å². The normalized spacial score (nSPS) is 15.7. The summed E-state index contributed by atoms with van der Waals surface area (Å²) in [6, 6.07) is 7.90. The third-order valence-corrected chi connectivity index (χ3v) is 5.78. The zero-order valence-electron chi connectivity index (χ0n) is 19.2. The smallest absolute Gasteiger partial charge is 0.257 e. The molecule has 8 nitrogen and oxygen atoms in total.